The first kappa shape index (κ1) is 22.0. The van der Waals surface area contributed by atoms with Crippen molar-refractivity contribution in [1.82, 2.24) is 4.90 Å². The Morgan fingerprint density at radius 2 is 1.70 bits per heavy atom. The van der Waals surface area contributed by atoms with Gasteiger partial charge in [0.1, 0.15) is 0 Å². The van der Waals surface area contributed by atoms with Crippen molar-refractivity contribution in [3.05, 3.63) is 29.8 Å². The fourth-order valence-electron chi connectivity index (χ4n) is 1.70. The quantitative estimate of drug-likeness (QED) is 0.250. The van der Waals surface area contributed by atoms with E-state index in [0.29, 0.717) is 11.7 Å². The van der Waals surface area contributed by atoms with Crippen LogP contribution in [0.4, 0.5) is 5.69 Å². The molecule has 0 unspecified atom stereocenters. The maximum atomic E-state index is 8.88. The number of hydrogen-bond donors (Lipinski definition) is 4. The Balaban J connectivity index is 0.000000841. The van der Waals surface area contributed by atoms with Gasteiger partial charge in [0.15, 0.2) is 5.05 Å². The molecule has 7 nitrogen and oxygen atoms in total. The summed E-state index contributed by atoms with van der Waals surface area (Å²) >= 11 is 5.22. The minimum Gasteiger partial charge on any atom is -0.483 e. The highest BCUT2D eigenvalue weighted by Crippen LogP contribution is 2.25. The number of hydrogen-bond acceptors (Lipinski definition) is 5. The predicted octanol–water partition coefficient (Wildman–Crippen LogP) is 1.76. The Morgan fingerprint density at radius 3 is 2.13 bits per heavy atom. The SMILES string of the molecule is CCN(CC)CCCOC(=S)c1ccc(N)cc1.O=P(O)(O)O. The Kier molecular flexibility index (Phi) is 11.0. The van der Waals surface area contributed by atoms with E-state index >= 15 is 0 Å². The highest BCUT2D eigenvalue weighted by Gasteiger charge is 2.03. The minimum absolute atomic E-state index is 0.551. The molecular weight excluding hydrogens is 339 g/mol. The molecule has 0 saturated carbocycles. The molecule has 1 rings (SSSR count). The highest BCUT2D eigenvalue weighted by molar-refractivity contribution is 7.80. The van der Waals surface area contributed by atoms with Gasteiger partial charge in [-0.2, -0.15) is 0 Å². The van der Waals surface area contributed by atoms with Crippen molar-refractivity contribution < 1.29 is 24.0 Å². The zero-order valence-electron chi connectivity index (χ0n) is 13.4. The molecule has 23 heavy (non-hydrogen) atoms. The number of phosphoric acid groups is 1. The topological polar surface area (TPSA) is 116 Å². The van der Waals surface area contributed by atoms with E-state index in [-0.39, 0.29) is 0 Å². The summed E-state index contributed by atoms with van der Waals surface area (Å²) in [5, 5.41) is 0.551. The van der Waals surface area contributed by atoms with Gasteiger partial charge in [0.25, 0.3) is 0 Å². The molecule has 0 fully saturated rings. The molecule has 0 amide bonds. The molecule has 1 aromatic carbocycles. The summed E-state index contributed by atoms with van der Waals surface area (Å²) in [5.41, 5.74) is 7.28. The van der Waals surface area contributed by atoms with Crippen LogP contribution >= 0.6 is 20.0 Å². The smallest absolute Gasteiger partial charge is 0.466 e. The third kappa shape index (κ3) is 13.1. The Bertz CT molecular complexity index is 494. The molecule has 0 aliphatic heterocycles. The lowest BCUT2D eigenvalue weighted by Gasteiger charge is -2.17. The van der Waals surface area contributed by atoms with Gasteiger partial charge < -0.3 is 30.1 Å². The Morgan fingerprint density at radius 1 is 1.22 bits per heavy atom. The number of benzene rings is 1. The first-order valence-electron chi connectivity index (χ1n) is 7.20. The van der Waals surface area contributed by atoms with Gasteiger partial charge in [0, 0.05) is 17.8 Å². The zero-order chi connectivity index (χ0) is 17.9. The average Bonchev–Trinajstić information content (AvgIpc) is 2.46. The lowest BCUT2D eigenvalue weighted by Crippen LogP contribution is -2.25. The van der Waals surface area contributed by atoms with E-state index in [1.54, 1.807) is 0 Å². The molecule has 9 heteroatoms. The van der Waals surface area contributed by atoms with E-state index in [4.69, 9.17) is 41.9 Å². The van der Waals surface area contributed by atoms with Gasteiger partial charge in [-0.1, -0.05) is 13.8 Å². The van der Waals surface area contributed by atoms with Crippen LogP contribution in [0.15, 0.2) is 24.3 Å². The van der Waals surface area contributed by atoms with E-state index in [1.807, 2.05) is 24.3 Å². The molecule has 132 valence electrons. The molecule has 0 saturated heterocycles. The molecule has 0 spiro atoms. The average molecular weight is 364 g/mol. The molecule has 1 aromatic rings. The summed E-state index contributed by atoms with van der Waals surface area (Å²) in [6, 6.07) is 7.45. The molecule has 0 atom stereocenters. The standard InChI is InChI=1S/C14H22N2OS.H3O4P/c1-3-16(4-2)10-5-11-17-14(18)12-6-8-13(15)9-7-12;1-5(2,3)4/h6-9H,3-5,10-11,15H2,1-2H3;(H3,1,2,3,4). The molecule has 5 N–H and O–H groups in total. The van der Waals surface area contributed by atoms with Crippen molar-refractivity contribution in [1.29, 1.82) is 0 Å². The van der Waals surface area contributed by atoms with E-state index < -0.39 is 7.82 Å². The van der Waals surface area contributed by atoms with Crippen molar-refractivity contribution in [2.75, 3.05) is 32.0 Å². The number of anilines is 1. The summed E-state index contributed by atoms with van der Waals surface area (Å²) in [7, 11) is -4.64. The fraction of sp³-hybridized carbons (Fsp3) is 0.500. The fourth-order valence-corrected chi connectivity index (χ4v) is 1.91. The second kappa shape index (κ2) is 11.5. The van der Waals surface area contributed by atoms with Gasteiger partial charge in [-0.15, -0.1) is 0 Å². The van der Waals surface area contributed by atoms with Crippen LogP contribution < -0.4 is 5.73 Å². The van der Waals surface area contributed by atoms with Crippen LogP contribution in [0.5, 0.6) is 0 Å². The summed E-state index contributed by atoms with van der Waals surface area (Å²) in [5.74, 6) is 0. The van der Waals surface area contributed by atoms with Crippen LogP contribution in [0.3, 0.4) is 0 Å². The first-order chi connectivity index (χ1) is 10.7. The van der Waals surface area contributed by atoms with Crippen LogP contribution in [0.2, 0.25) is 0 Å². The third-order valence-corrected chi connectivity index (χ3v) is 3.25. The van der Waals surface area contributed by atoms with Gasteiger partial charge in [0.05, 0.1) is 6.61 Å². The summed E-state index contributed by atoms with van der Waals surface area (Å²) in [6.07, 6.45) is 0.997. The first-order valence-corrected chi connectivity index (χ1v) is 9.18. The van der Waals surface area contributed by atoms with E-state index in [2.05, 4.69) is 18.7 Å². The Hall–Kier alpha value is -1.02. The number of nitrogens with zero attached hydrogens (tertiary/aromatic N) is 1. The van der Waals surface area contributed by atoms with E-state index in [0.717, 1.165) is 37.3 Å². The second-order valence-corrected chi connectivity index (χ2v) is 6.05. The zero-order valence-corrected chi connectivity index (χ0v) is 15.1. The molecule has 0 aliphatic rings. The van der Waals surface area contributed by atoms with Gasteiger partial charge in [-0.05, 0) is 56.0 Å². The van der Waals surface area contributed by atoms with Crippen LogP contribution in [-0.4, -0.2) is 50.9 Å². The van der Waals surface area contributed by atoms with Crippen molar-refractivity contribution >= 4 is 30.8 Å². The number of nitrogens with two attached hydrogens (primary N) is 1. The lowest BCUT2D eigenvalue weighted by atomic mass is 10.2. The van der Waals surface area contributed by atoms with Crippen LogP contribution in [0, 0.1) is 0 Å². The van der Waals surface area contributed by atoms with Gasteiger partial charge >= 0.3 is 7.82 Å². The van der Waals surface area contributed by atoms with Crippen molar-refractivity contribution in [2.45, 2.75) is 20.3 Å². The second-order valence-electron chi connectivity index (χ2n) is 4.65. The number of ether oxygens (including phenoxy) is 1. The maximum absolute atomic E-state index is 8.88. The molecular formula is C14H25N2O5PS. The molecule has 0 radical (unpaired) electrons. The monoisotopic (exact) mass is 364 g/mol. The molecule has 0 bridgehead atoms. The molecule has 0 aromatic heterocycles. The number of thiocarbonyl (C=S) groups is 1. The van der Waals surface area contributed by atoms with Crippen LogP contribution in [-0.2, 0) is 9.30 Å². The third-order valence-electron chi connectivity index (χ3n) is 2.89. The largest absolute Gasteiger partial charge is 0.483 e. The molecule has 0 aliphatic carbocycles. The summed E-state index contributed by atoms with van der Waals surface area (Å²) < 4.78 is 14.5. The lowest BCUT2D eigenvalue weighted by molar-refractivity contribution is 0.246. The number of rotatable bonds is 7. The van der Waals surface area contributed by atoms with Crippen molar-refractivity contribution in [3.8, 4) is 0 Å². The number of nitrogen functional groups attached to an aromatic ring is 1. The van der Waals surface area contributed by atoms with Gasteiger partial charge in [0.2, 0.25) is 0 Å². The summed E-state index contributed by atoms with van der Waals surface area (Å²) in [6.45, 7) is 8.22. The highest BCUT2D eigenvalue weighted by atomic mass is 32.1. The minimum atomic E-state index is -4.64. The normalized spacial score (nSPS) is 10.9. The van der Waals surface area contributed by atoms with Crippen molar-refractivity contribution in [2.24, 2.45) is 0 Å². The maximum Gasteiger partial charge on any atom is 0.466 e. The van der Waals surface area contributed by atoms with E-state index in [9.17, 15) is 0 Å². The summed E-state index contributed by atoms with van der Waals surface area (Å²) in [4.78, 5) is 23.9. The van der Waals surface area contributed by atoms with Crippen molar-refractivity contribution in [3.63, 3.8) is 0 Å². The van der Waals surface area contributed by atoms with Crippen LogP contribution in [0.25, 0.3) is 0 Å². The van der Waals surface area contributed by atoms with Crippen LogP contribution in [0.1, 0.15) is 25.8 Å². The Labute approximate surface area is 142 Å². The van der Waals surface area contributed by atoms with Gasteiger partial charge in [-0.3, -0.25) is 0 Å². The van der Waals surface area contributed by atoms with Gasteiger partial charge in [-0.25, -0.2) is 4.57 Å². The predicted molar refractivity (Wildman–Crippen MR) is 95.2 cm³/mol. The van der Waals surface area contributed by atoms with E-state index in [1.165, 1.54) is 0 Å². The molecule has 0 heterocycles.